The number of rotatable bonds is 3. The van der Waals surface area contributed by atoms with Gasteiger partial charge in [0.05, 0.1) is 6.61 Å². The molecule has 1 unspecified atom stereocenters. The second-order valence-electron chi connectivity index (χ2n) is 4.37. The highest BCUT2D eigenvalue weighted by Crippen LogP contribution is 2.16. The molecule has 88 valence electrons. The van der Waals surface area contributed by atoms with Crippen molar-refractivity contribution in [3.63, 3.8) is 0 Å². The Morgan fingerprint density at radius 1 is 1.50 bits per heavy atom. The fraction of sp³-hybridized carbons (Fsp3) is 0.538. The van der Waals surface area contributed by atoms with Gasteiger partial charge >= 0.3 is 0 Å². The number of hydrogen-bond donors (Lipinski definition) is 1. The molecular formula is C13H18BrNO. The first-order valence-electron chi connectivity index (χ1n) is 5.82. The molecule has 0 amide bonds. The van der Waals surface area contributed by atoms with E-state index in [-0.39, 0.29) is 0 Å². The standard InChI is InChI=1S/C13H18BrNO/c1-10-7-12(14)5-4-11(10)8-15-13-3-2-6-16-9-13/h4-5,7,13,15H,2-3,6,8-9H2,1H3. The minimum absolute atomic E-state index is 0.525. The van der Waals surface area contributed by atoms with Crippen molar-refractivity contribution in [1.29, 1.82) is 0 Å². The number of benzene rings is 1. The Kier molecular flexibility index (Phi) is 4.38. The van der Waals surface area contributed by atoms with Crippen molar-refractivity contribution in [3.05, 3.63) is 33.8 Å². The molecule has 1 aromatic carbocycles. The normalized spacial score (nSPS) is 21.0. The van der Waals surface area contributed by atoms with E-state index in [9.17, 15) is 0 Å². The van der Waals surface area contributed by atoms with Crippen LogP contribution in [-0.4, -0.2) is 19.3 Å². The Balaban J connectivity index is 1.88. The van der Waals surface area contributed by atoms with Crippen molar-refractivity contribution in [1.82, 2.24) is 5.32 Å². The zero-order chi connectivity index (χ0) is 11.4. The molecule has 0 saturated carbocycles. The monoisotopic (exact) mass is 283 g/mol. The van der Waals surface area contributed by atoms with Crippen LogP contribution in [0.15, 0.2) is 22.7 Å². The van der Waals surface area contributed by atoms with Gasteiger partial charge in [-0.2, -0.15) is 0 Å². The van der Waals surface area contributed by atoms with Crippen molar-refractivity contribution < 1.29 is 4.74 Å². The number of halogens is 1. The number of aryl methyl sites for hydroxylation is 1. The molecule has 2 rings (SSSR count). The average molecular weight is 284 g/mol. The first kappa shape index (κ1) is 12.1. The maximum absolute atomic E-state index is 5.45. The van der Waals surface area contributed by atoms with Crippen LogP contribution in [0, 0.1) is 6.92 Å². The molecule has 2 nitrogen and oxygen atoms in total. The smallest absolute Gasteiger partial charge is 0.0619 e. The van der Waals surface area contributed by atoms with Gasteiger partial charge in [0, 0.05) is 23.7 Å². The maximum Gasteiger partial charge on any atom is 0.0619 e. The van der Waals surface area contributed by atoms with E-state index in [0.29, 0.717) is 6.04 Å². The van der Waals surface area contributed by atoms with Crippen LogP contribution in [0.2, 0.25) is 0 Å². The molecule has 1 N–H and O–H groups in total. The van der Waals surface area contributed by atoms with Gasteiger partial charge in [-0.25, -0.2) is 0 Å². The van der Waals surface area contributed by atoms with Crippen molar-refractivity contribution >= 4 is 15.9 Å². The second-order valence-corrected chi connectivity index (χ2v) is 5.28. The van der Waals surface area contributed by atoms with Crippen LogP contribution in [0.4, 0.5) is 0 Å². The summed E-state index contributed by atoms with van der Waals surface area (Å²) < 4.78 is 6.60. The molecule has 16 heavy (non-hydrogen) atoms. The first-order valence-corrected chi connectivity index (χ1v) is 6.61. The van der Waals surface area contributed by atoms with Crippen molar-refractivity contribution in [2.75, 3.05) is 13.2 Å². The van der Waals surface area contributed by atoms with Crippen molar-refractivity contribution in [2.45, 2.75) is 32.4 Å². The topological polar surface area (TPSA) is 21.3 Å². The fourth-order valence-electron chi connectivity index (χ4n) is 2.01. The lowest BCUT2D eigenvalue weighted by Gasteiger charge is -2.23. The van der Waals surface area contributed by atoms with Gasteiger partial charge in [0.2, 0.25) is 0 Å². The number of hydrogen-bond acceptors (Lipinski definition) is 2. The van der Waals surface area contributed by atoms with Gasteiger partial charge in [-0.05, 0) is 43.0 Å². The van der Waals surface area contributed by atoms with Gasteiger partial charge in [-0.15, -0.1) is 0 Å². The van der Waals surface area contributed by atoms with Gasteiger partial charge in [-0.1, -0.05) is 22.0 Å². The molecule has 3 heteroatoms. The van der Waals surface area contributed by atoms with E-state index < -0.39 is 0 Å². The van der Waals surface area contributed by atoms with Crippen molar-refractivity contribution in [2.24, 2.45) is 0 Å². The predicted molar refractivity (Wildman–Crippen MR) is 69.6 cm³/mol. The molecule has 1 aliphatic heterocycles. The highest BCUT2D eigenvalue weighted by molar-refractivity contribution is 9.10. The molecule has 0 bridgehead atoms. The lowest BCUT2D eigenvalue weighted by atomic mass is 10.1. The molecule has 1 heterocycles. The summed E-state index contributed by atoms with van der Waals surface area (Å²) in [6.07, 6.45) is 2.41. The Morgan fingerprint density at radius 3 is 3.06 bits per heavy atom. The molecule has 1 atom stereocenters. The van der Waals surface area contributed by atoms with E-state index in [1.165, 1.54) is 24.0 Å². The highest BCUT2D eigenvalue weighted by atomic mass is 79.9. The quantitative estimate of drug-likeness (QED) is 0.921. The molecule has 0 aliphatic carbocycles. The Labute approximate surface area is 106 Å². The largest absolute Gasteiger partial charge is 0.380 e. The minimum Gasteiger partial charge on any atom is -0.380 e. The molecule has 1 saturated heterocycles. The van der Waals surface area contributed by atoms with Crippen LogP contribution in [0.3, 0.4) is 0 Å². The first-order chi connectivity index (χ1) is 7.75. The van der Waals surface area contributed by atoms with Crippen LogP contribution >= 0.6 is 15.9 Å². The third-order valence-corrected chi connectivity index (χ3v) is 3.54. The fourth-order valence-corrected chi connectivity index (χ4v) is 2.49. The average Bonchev–Trinajstić information content (AvgIpc) is 2.29. The summed E-state index contributed by atoms with van der Waals surface area (Å²) in [5.41, 5.74) is 2.70. The molecule has 0 radical (unpaired) electrons. The van der Waals surface area contributed by atoms with Crippen LogP contribution in [0.5, 0.6) is 0 Å². The van der Waals surface area contributed by atoms with E-state index in [1.54, 1.807) is 0 Å². The zero-order valence-electron chi connectivity index (χ0n) is 9.63. The zero-order valence-corrected chi connectivity index (χ0v) is 11.2. The van der Waals surface area contributed by atoms with Gasteiger partial charge in [0.15, 0.2) is 0 Å². The van der Waals surface area contributed by atoms with Crippen LogP contribution < -0.4 is 5.32 Å². The lowest BCUT2D eigenvalue weighted by Crippen LogP contribution is -2.36. The van der Waals surface area contributed by atoms with E-state index in [0.717, 1.165) is 24.2 Å². The Bertz CT molecular complexity index is 348. The van der Waals surface area contributed by atoms with E-state index in [2.05, 4.69) is 46.4 Å². The Hall–Kier alpha value is -0.380. The van der Waals surface area contributed by atoms with E-state index >= 15 is 0 Å². The number of nitrogens with one attached hydrogen (secondary N) is 1. The lowest BCUT2D eigenvalue weighted by molar-refractivity contribution is 0.0699. The molecule has 1 aromatic rings. The summed E-state index contributed by atoms with van der Waals surface area (Å²) in [5, 5.41) is 3.56. The molecular weight excluding hydrogens is 266 g/mol. The summed E-state index contributed by atoms with van der Waals surface area (Å²) in [6.45, 7) is 4.87. The third kappa shape index (κ3) is 3.30. The number of ether oxygens (including phenoxy) is 1. The molecule has 0 aromatic heterocycles. The summed E-state index contributed by atoms with van der Waals surface area (Å²) in [6, 6.07) is 6.96. The third-order valence-electron chi connectivity index (χ3n) is 3.05. The molecule has 0 spiro atoms. The van der Waals surface area contributed by atoms with E-state index in [4.69, 9.17) is 4.74 Å². The SMILES string of the molecule is Cc1cc(Br)ccc1CNC1CCCOC1. The van der Waals surface area contributed by atoms with Gasteiger partial charge in [0.1, 0.15) is 0 Å². The van der Waals surface area contributed by atoms with Crippen molar-refractivity contribution in [3.8, 4) is 0 Å². The van der Waals surface area contributed by atoms with E-state index in [1.807, 2.05) is 0 Å². The molecule has 1 fully saturated rings. The summed E-state index contributed by atoms with van der Waals surface area (Å²) in [7, 11) is 0. The van der Waals surface area contributed by atoms with Crippen LogP contribution in [-0.2, 0) is 11.3 Å². The highest BCUT2D eigenvalue weighted by Gasteiger charge is 2.13. The molecule has 1 aliphatic rings. The summed E-state index contributed by atoms with van der Waals surface area (Å²) in [4.78, 5) is 0. The second kappa shape index (κ2) is 5.80. The van der Waals surface area contributed by atoms with Crippen LogP contribution in [0.25, 0.3) is 0 Å². The minimum atomic E-state index is 0.525. The summed E-state index contributed by atoms with van der Waals surface area (Å²) in [5.74, 6) is 0. The van der Waals surface area contributed by atoms with Gasteiger partial charge in [-0.3, -0.25) is 0 Å². The Morgan fingerprint density at radius 2 is 2.38 bits per heavy atom. The van der Waals surface area contributed by atoms with Gasteiger partial charge < -0.3 is 10.1 Å². The summed E-state index contributed by atoms with van der Waals surface area (Å²) >= 11 is 3.48. The predicted octanol–water partition coefficient (Wildman–Crippen LogP) is 3.03. The maximum atomic E-state index is 5.45. The van der Waals surface area contributed by atoms with Gasteiger partial charge in [0.25, 0.3) is 0 Å². The van der Waals surface area contributed by atoms with Crippen LogP contribution in [0.1, 0.15) is 24.0 Å².